The minimum Gasteiger partial charge on any atom is -0.368 e. The summed E-state index contributed by atoms with van der Waals surface area (Å²) in [5.74, 6) is 0.814. The Morgan fingerprint density at radius 2 is 2.00 bits per heavy atom. The number of pyridine rings is 1. The number of rotatable bonds is 6. The Morgan fingerprint density at radius 1 is 1.07 bits per heavy atom. The van der Waals surface area contributed by atoms with Gasteiger partial charge in [-0.2, -0.15) is 5.10 Å². The van der Waals surface area contributed by atoms with Crippen LogP contribution in [0, 0.1) is 0 Å². The van der Waals surface area contributed by atoms with E-state index in [4.69, 9.17) is 0 Å². The van der Waals surface area contributed by atoms with Crippen LogP contribution in [0.1, 0.15) is 19.3 Å². The van der Waals surface area contributed by atoms with E-state index in [-0.39, 0.29) is 5.56 Å². The summed E-state index contributed by atoms with van der Waals surface area (Å²) in [6.45, 7) is 3.29. The molecule has 1 unspecified atom stereocenters. The Bertz CT molecular complexity index is 958. The molecule has 0 aromatic carbocycles. The molecule has 0 aliphatic carbocycles. The number of fused-ring (bicyclic) bond motifs is 1. The van der Waals surface area contributed by atoms with Crippen molar-refractivity contribution in [3.8, 4) is 0 Å². The lowest BCUT2D eigenvalue weighted by molar-refractivity contribution is 0.148. The number of likely N-dealkylation sites (tertiary alicyclic amines) is 1. The molecule has 1 saturated heterocycles. The molecule has 4 heterocycles. The second-order valence-electron chi connectivity index (χ2n) is 6.75. The highest BCUT2D eigenvalue weighted by Crippen LogP contribution is 2.18. The van der Waals surface area contributed by atoms with Gasteiger partial charge in [-0.1, -0.05) is 6.42 Å². The Kier molecular flexibility index (Phi) is 5.34. The van der Waals surface area contributed by atoms with Gasteiger partial charge < -0.3 is 5.32 Å². The van der Waals surface area contributed by atoms with Gasteiger partial charge in [0.2, 0.25) is 0 Å². The maximum Gasteiger partial charge on any atom is 0.266 e. The van der Waals surface area contributed by atoms with Crippen LogP contribution in [-0.2, 0) is 6.54 Å². The molecule has 0 amide bonds. The zero-order chi connectivity index (χ0) is 18.5. The van der Waals surface area contributed by atoms with Crippen LogP contribution in [-0.4, -0.2) is 55.3 Å². The van der Waals surface area contributed by atoms with Crippen molar-refractivity contribution in [1.29, 1.82) is 0 Å². The van der Waals surface area contributed by atoms with Crippen LogP contribution >= 0.6 is 0 Å². The van der Waals surface area contributed by atoms with Crippen LogP contribution in [0.2, 0.25) is 0 Å². The predicted octanol–water partition coefficient (Wildman–Crippen LogP) is 1.55. The van der Waals surface area contributed by atoms with Gasteiger partial charge in [0.25, 0.3) is 5.56 Å². The molecule has 1 atom stereocenters. The van der Waals surface area contributed by atoms with Crippen LogP contribution in [0.25, 0.3) is 11.2 Å². The first kappa shape index (κ1) is 17.5. The molecule has 0 radical (unpaired) electrons. The van der Waals surface area contributed by atoms with E-state index in [0.29, 0.717) is 18.2 Å². The lowest BCUT2D eigenvalue weighted by atomic mass is 10.0. The van der Waals surface area contributed by atoms with Crippen molar-refractivity contribution < 1.29 is 0 Å². The van der Waals surface area contributed by atoms with Gasteiger partial charge >= 0.3 is 0 Å². The second-order valence-corrected chi connectivity index (χ2v) is 6.75. The number of hydrogen-bond donors (Lipinski definition) is 1. The average molecular weight is 365 g/mol. The first-order chi connectivity index (χ1) is 13.3. The van der Waals surface area contributed by atoms with E-state index in [9.17, 15) is 4.79 Å². The summed E-state index contributed by atoms with van der Waals surface area (Å²) in [6, 6.07) is 7.52. The van der Waals surface area contributed by atoms with Crippen LogP contribution in [0.3, 0.4) is 0 Å². The molecule has 0 saturated carbocycles. The summed E-state index contributed by atoms with van der Waals surface area (Å²) >= 11 is 0. The summed E-state index contributed by atoms with van der Waals surface area (Å²) in [6.07, 6.45) is 8.54. The van der Waals surface area contributed by atoms with Crippen LogP contribution < -0.4 is 10.9 Å². The molecule has 0 bridgehead atoms. The first-order valence-electron chi connectivity index (χ1n) is 9.37. The van der Waals surface area contributed by atoms with Gasteiger partial charge in [0.1, 0.15) is 11.3 Å². The van der Waals surface area contributed by atoms with Crippen LogP contribution in [0.5, 0.6) is 0 Å². The number of nitrogens with one attached hydrogen (secondary N) is 1. The van der Waals surface area contributed by atoms with Gasteiger partial charge in [0, 0.05) is 43.8 Å². The van der Waals surface area contributed by atoms with Crippen molar-refractivity contribution in [2.24, 2.45) is 0 Å². The number of anilines is 1. The summed E-state index contributed by atoms with van der Waals surface area (Å²) in [7, 11) is 0. The van der Waals surface area contributed by atoms with Crippen LogP contribution in [0.15, 0.2) is 47.7 Å². The standard InChI is InChI=1S/C19H23N7O/c27-18-5-3-8-23-26(18)13-12-25-11-2-1-4-15(25)14-22-17-7-6-16-19(24-17)21-10-9-20-16/h3,5-10,15H,1-2,4,11-14H2,(H,21,22,24). The molecule has 3 aromatic heterocycles. The van der Waals surface area contributed by atoms with Crippen LogP contribution in [0.4, 0.5) is 5.82 Å². The topological polar surface area (TPSA) is 88.8 Å². The molecular formula is C19H23N7O. The van der Waals surface area contributed by atoms with Gasteiger partial charge in [-0.3, -0.25) is 14.7 Å². The molecule has 4 rings (SSSR count). The van der Waals surface area contributed by atoms with E-state index in [1.165, 1.54) is 17.5 Å². The third kappa shape index (κ3) is 4.28. The molecule has 8 nitrogen and oxygen atoms in total. The first-order valence-corrected chi connectivity index (χ1v) is 9.37. The fourth-order valence-corrected chi connectivity index (χ4v) is 3.54. The number of hydrogen-bond acceptors (Lipinski definition) is 7. The molecular weight excluding hydrogens is 342 g/mol. The molecule has 0 spiro atoms. The van der Waals surface area contributed by atoms with Crippen molar-refractivity contribution in [3.05, 3.63) is 53.2 Å². The minimum absolute atomic E-state index is 0.0503. The Balaban J connectivity index is 1.38. The van der Waals surface area contributed by atoms with Crippen molar-refractivity contribution in [3.63, 3.8) is 0 Å². The minimum atomic E-state index is -0.0503. The lowest BCUT2D eigenvalue weighted by Gasteiger charge is -2.35. The average Bonchev–Trinajstić information content (AvgIpc) is 2.72. The van der Waals surface area contributed by atoms with Gasteiger partial charge in [0.05, 0.1) is 6.54 Å². The van der Waals surface area contributed by atoms with Crippen molar-refractivity contribution in [2.45, 2.75) is 31.8 Å². The highest BCUT2D eigenvalue weighted by atomic mass is 16.1. The van der Waals surface area contributed by atoms with Gasteiger partial charge in [-0.15, -0.1) is 0 Å². The van der Waals surface area contributed by atoms with Crippen molar-refractivity contribution in [2.75, 3.05) is 25.0 Å². The van der Waals surface area contributed by atoms with E-state index >= 15 is 0 Å². The van der Waals surface area contributed by atoms with E-state index in [2.05, 4.69) is 30.3 Å². The monoisotopic (exact) mass is 365 g/mol. The lowest BCUT2D eigenvalue weighted by Crippen LogP contribution is -2.45. The smallest absolute Gasteiger partial charge is 0.266 e. The molecule has 3 aromatic rings. The highest BCUT2D eigenvalue weighted by Gasteiger charge is 2.22. The van der Waals surface area contributed by atoms with E-state index < -0.39 is 0 Å². The zero-order valence-corrected chi connectivity index (χ0v) is 15.2. The summed E-state index contributed by atoms with van der Waals surface area (Å²) < 4.78 is 1.53. The molecule has 1 aliphatic rings. The Labute approximate surface area is 157 Å². The predicted molar refractivity (Wildman–Crippen MR) is 104 cm³/mol. The van der Waals surface area contributed by atoms with Gasteiger partial charge in [-0.25, -0.2) is 14.6 Å². The maximum atomic E-state index is 11.8. The molecule has 1 aliphatic heterocycles. The third-order valence-corrected chi connectivity index (χ3v) is 4.98. The number of piperidine rings is 1. The molecule has 8 heteroatoms. The number of aromatic nitrogens is 5. The zero-order valence-electron chi connectivity index (χ0n) is 15.2. The van der Waals surface area contributed by atoms with Gasteiger partial charge in [-0.05, 0) is 37.6 Å². The summed E-state index contributed by atoms with van der Waals surface area (Å²) in [4.78, 5) is 27.3. The van der Waals surface area contributed by atoms with Gasteiger partial charge in [0.15, 0.2) is 5.65 Å². The quantitative estimate of drug-likeness (QED) is 0.709. The molecule has 1 N–H and O–H groups in total. The summed E-state index contributed by atoms with van der Waals surface area (Å²) in [5.41, 5.74) is 1.39. The van der Waals surface area contributed by atoms with E-state index in [1.54, 1.807) is 30.7 Å². The van der Waals surface area contributed by atoms with Crippen molar-refractivity contribution in [1.82, 2.24) is 29.6 Å². The summed E-state index contributed by atoms with van der Waals surface area (Å²) in [5, 5.41) is 7.59. The molecule has 140 valence electrons. The normalized spacial score (nSPS) is 17.9. The fourth-order valence-electron chi connectivity index (χ4n) is 3.54. The fraction of sp³-hybridized carbons (Fsp3) is 0.421. The second kappa shape index (κ2) is 8.22. The van der Waals surface area contributed by atoms with E-state index in [1.807, 2.05) is 12.1 Å². The maximum absolute atomic E-state index is 11.8. The van der Waals surface area contributed by atoms with E-state index in [0.717, 1.165) is 37.4 Å². The molecule has 27 heavy (non-hydrogen) atoms. The third-order valence-electron chi connectivity index (χ3n) is 4.98. The Hall–Kier alpha value is -2.87. The molecule has 1 fully saturated rings. The number of nitrogens with zero attached hydrogens (tertiary/aromatic N) is 6. The SMILES string of the molecule is O=c1cccnn1CCN1CCCCC1CNc1ccc2nccnc2n1. The Morgan fingerprint density at radius 3 is 2.93 bits per heavy atom. The largest absolute Gasteiger partial charge is 0.368 e. The highest BCUT2D eigenvalue weighted by molar-refractivity contribution is 5.71. The van der Waals surface area contributed by atoms with Crippen molar-refractivity contribution >= 4 is 17.0 Å².